The summed E-state index contributed by atoms with van der Waals surface area (Å²) in [6, 6.07) is 3.31. The van der Waals surface area contributed by atoms with Crippen LogP contribution in [0, 0.1) is 11.6 Å². The van der Waals surface area contributed by atoms with E-state index in [2.05, 4.69) is 5.32 Å². The van der Waals surface area contributed by atoms with Crippen LogP contribution in [-0.2, 0) is 11.2 Å². The fourth-order valence-corrected chi connectivity index (χ4v) is 2.64. The van der Waals surface area contributed by atoms with Crippen molar-refractivity contribution in [1.82, 2.24) is 5.32 Å². The van der Waals surface area contributed by atoms with Gasteiger partial charge in [0.25, 0.3) is 0 Å². The van der Waals surface area contributed by atoms with Gasteiger partial charge in [0.1, 0.15) is 11.6 Å². The molecule has 0 aromatic heterocycles. The summed E-state index contributed by atoms with van der Waals surface area (Å²) in [4.78, 5) is 11.6. The largest absolute Gasteiger partial charge is 0.387 e. The Kier molecular flexibility index (Phi) is 7.11. The Morgan fingerprint density at radius 3 is 2.81 bits per heavy atom. The molecular formula is C15H21F2NO2S. The quantitative estimate of drug-likeness (QED) is 0.774. The Labute approximate surface area is 128 Å². The Balaban J connectivity index is 2.32. The minimum absolute atomic E-state index is 0.182. The Morgan fingerprint density at radius 1 is 1.43 bits per heavy atom. The molecule has 0 aliphatic rings. The maximum absolute atomic E-state index is 13.4. The zero-order chi connectivity index (χ0) is 15.9. The highest BCUT2D eigenvalue weighted by atomic mass is 32.2. The van der Waals surface area contributed by atoms with Crippen molar-refractivity contribution in [2.45, 2.75) is 31.8 Å². The molecule has 118 valence electrons. The first-order valence-corrected chi connectivity index (χ1v) is 8.15. The van der Waals surface area contributed by atoms with Crippen molar-refractivity contribution in [2.24, 2.45) is 0 Å². The summed E-state index contributed by atoms with van der Waals surface area (Å²) < 4.78 is 26.4. The second kappa shape index (κ2) is 8.34. The lowest BCUT2D eigenvalue weighted by atomic mass is 10.1. The number of amides is 1. The summed E-state index contributed by atoms with van der Waals surface area (Å²) in [6.07, 6.45) is 2.82. The lowest BCUT2D eigenvalue weighted by molar-refractivity contribution is -0.122. The number of nitrogens with one attached hydrogen (secondary N) is 1. The van der Waals surface area contributed by atoms with E-state index in [1.807, 2.05) is 6.26 Å². The molecule has 21 heavy (non-hydrogen) atoms. The molecule has 0 fully saturated rings. The van der Waals surface area contributed by atoms with Crippen molar-refractivity contribution in [2.75, 3.05) is 18.6 Å². The average Bonchev–Trinajstić information content (AvgIpc) is 2.40. The molecule has 6 heteroatoms. The van der Waals surface area contributed by atoms with Crippen molar-refractivity contribution in [3.05, 3.63) is 35.4 Å². The van der Waals surface area contributed by atoms with Gasteiger partial charge in [0.15, 0.2) is 0 Å². The Hall–Kier alpha value is -1.14. The minimum Gasteiger partial charge on any atom is -0.387 e. The highest BCUT2D eigenvalue weighted by molar-refractivity contribution is 7.98. The molecule has 0 saturated carbocycles. The maximum atomic E-state index is 13.4. The molecule has 2 N–H and O–H groups in total. The topological polar surface area (TPSA) is 49.3 Å². The molecule has 1 amide bonds. The summed E-state index contributed by atoms with van der Waals surface area (Å²) in [5.41, 5.74) is -0.666. The molecule has 1 rings (SSSR count). The second-order valence-electron chi connectivity index (χ2n) is 5.30. The van der Waals surface area contributed by atoms with E-state index in [0.29, 0.717) is 18.6 Å². The fourth-order valence-electron chi connectivity index (χ4n) is 1.91. The van der Waals surface area contributed by atoms with E-state index in [-0.39, 0.29) is 24.4 Å². The number of rotatable bonds is 8. The molecular weight excluding hydrogens is 296 g/mol. The predicted molar refractivity (Wildman–Crippen MR) is 81.3 cm³/mol. The summed E-state index contributed by atoms with van der Waals surface area (Å²) >= 11 is 1.50. The van der Waals surface area contributed by atoms with Crippen molar-refractivity contribution >= 4 is 17.7 Å². The van der Waals surface area contributed by atoms with E-state index in [4.69, 9.17) is 0 Å². The summed E-state index contributed by atoms with van der Waals surface area (Å²) in [6.45, 7) is 1.84. The second-order valence-corrected chi connectivity index (χ2v) is 6.16. The first-order valence-electron chi connectivity index (χ1n) is 6.76. The van der Waals surface area contributed by atoms with Crippen LogP contribution < -0.4 is 5.32 Å². The molecule has 0 heterocycles. The number of carbonyl (C=O) groups excluding carboxylic acids is 1. The van der Waals surface area contributed by atoms with Gasteiger partial charge >= 0.3 is 0 Å². The SMILES string of the molecule is CSCC(C)(O)CNC(=O)CCCc1cc(F)ccc1F. The van der Waals surface area contributed by atoms with Gasteiger partial charge in [-0.2, -0.15) is 11.8 Å². The highest BCUT2D eigenvalue weighted by Crippen LogP contribution is 2.13. The lowest BCUT2D eigenvalue weighted by Gasteiger charge is -2.22. The number of hydrogen-bond donors (Lipinski definition) is 2. The standard InChI is InChI=1S/C15H21F2NO2S/c1-15(20,10-21-2)9-18-14(19)5-3-4-11-8-12(16)6-7-13(11)17/h6-8,20H,3-5,9-10H2,1-2H3,(H,18,19). The molecule has 1 atom stereocenters. The number of halogens is 2. The molecule has 1 unspecified atom stereocenters. The number of aryl methyl sites for hydroxylation is 1. The van der Waals surface area contributed by atoms with Gasteiger partial charge in [-0.3, -0.25) is 4.79 Å². The van der Waals surface area contributed by atoms with Crippen LogP contribution in [0.2, 0.25) is 0 Å². The Bertz CT molecular complexity index is 481. The first kappa shape index (κ1) is 17.9. The normalized spacial score (nSPS) is 13.8. The monoisotopic (exact) mass is 317 g/mol. The number of thioether (sulfide) groups is 1. The van der Waals surface area contributed by atoms with E-state index in [0.717, 1.165) is 18.2 Å². The van der Waals surface area contributed by atoms with Crippen LogP contribution in [0.15, 0.2) is 18.2 Å². The summed E-state index contributed by atoms with van der Waals surface area (Å²) in [5.74, 6) is -0.612. The minimum atomic E-state index is -0.941. The molecule has 3 nitrogen and oxygen atoms in total. The van der Waals surface area contributed by atoms with E-state index < -0.39 is 17.2 Å². The van der Waals surface area contributed by atoms with Gasteiger partial charge in [-0.25, -0.2) is 8.78 Å². The molecule has 0 aliphatic carbocycles. The summed E-state index contributed by atoms with van der Waals surface area (Å²) in [5, 5.41) is 12.6. The smallest absolute Gasteiger partial charge is 0.220 e. The van der Waals surface area contributed by atoms with Gasteiger partial charge in [0, 0.05) is 18.7 Å². The first-order chi connectivity index (χ1) is 9.84. The van der Waals surface area contributed by atoms with Crippen LogP contribution in [0.25, 0.3) is 0 Å². The zero-order valence-electron chi connectivity index (χ0n) is 12.3. The van der Waals surface area contributed by atoms with Gasteiger partial charge in [0.2, 0.25) is 5.91 Å². The van der Waals surface area contributed by atoms with E-state index in [9.17, 15) is 18.7 Å². The molecule has 0 radical (unpaired) electrons. The van der Waals surface area contributed by atoms with Crippen LogP contribution in [0.3, 0.4) is 0 Å². The number of carbonyl (C=O) groups is 1. The average molecular weight is 317 g/mol. The van der Waals surface area contributed by atoms with Gasteiger partial charge in [0.05, 0.1) is 5.60 Å². The van der Waals surface area contributed by atoms with Crippen molar-refractivity contribution in [1.29, 1.82) is 0 Å². The zero-order valence-corrected chi connectivity index (χ0v) is 13.1. The Morgan fingerprint density at radius 2 is 2.14 bits per heavy atom. The van der Waals surface area contributed by atoms with Crippen molar-refractivity contribution in [3.8, 4) is 0 Å². The van der Waals surface area contributed by atoms with Crippen LogP contribution in [0.1, 0.15) is 25.3 Å². The van der Waals surface area contributed by atoms with E-state index >= 15 is 0 Å². The lowest BCUT2D eigenvalue weighted by Crippen LogP contribution is -2.42. The van der Waals surface area contributed by atoms with Crippen LogP contribution in [0.5, 0.6) is 0 Å². The van der Waals surface area contributed by atoms with E-state index in [1.54, 1.807) is 6.92 Å². The third-order valence-electron chi connectivity index (χ3n) is 2.98. The molecule has 0 spiro atoms. The predicted octanol–water partition coefficient (Wildman–Crippen LogP) is 2.52. The number of hydrogen-bond acceptors (Lipinski definition) is 3. The van der Waals surface area contributed by atoms with Gasteiger partial charge < -0.3 is 10.4 Å². The number of aliphatic hydroxyl groups is 1. The third-order valence-corrected chi connectivity index (χ3v) is 3.89. The van der Waals surface area contributed by atoms with Gasteiger partial charge in [-0.15, -0.1) is 0 Å². The molecule has 1 aromatic rings. The maximum Gasteiger partial charge on any atom is 0.220 e. The number of benzene rings is 1. The fraction of sp³-hybridized carbons (Fsp3) is 0.533. The molecule has 0 saturated heterocycles. The molecule has 1 aromatic carbocycles. The highest BCUT2D eigenvalue weighted by Gasteiger charge is 2.20. The van der Waals surface area contributed by atoms with Gasteiger partial charge in [-0.05, 0) is 49.8 Å². The van der Waals surface area contributed by atoms with Crippen LogP contribution in [-0.4, -0.2) is 35.2 Å². The van der Waals surface area contributed by atoms with Crippen molar-refractivity contribution in [3.63, 3.8) is 0 Å². The van der Waals surface area contributed by atoms with E-state index in [1.165, 1.54) is 11.8 Å². The van der Waals surface area contributed by atoms with Crippen LogP contribution >= 0.6 is 11.8 Å². The third kappa shape index (κ3) is 6.91. The van der Waals surface area contributed by atoms with Crippen molar-refractivity contribution < 1.29 is 18.7 Å². The van der Waals surface area contributed by atoms with Crippen LogP contribution in [0.4, 0.5) is 8.78 Å². The van der Waals surface area contributed by atoms with Gasteiger partial charge in [-0.1, -0.05) is 0 Å². The summed E-state index contributed by atoms with van der Waals surface area (Å²) in [7, 11) is 0. The molecule has 0 bridgehead atoms. The molecule has 0 aliphatic heterocycles.